The average molecular weight is 367 g/mol. The SMILES string of the molecule is Cc1nc(CNc2ccc(C(=O)N3CCOCC3)cn2)nc2c1CCCC2. The number of carbonyl (C=O) groups excluding carboxylic acids is 1. The monoisotopic (exact) mass is 367 g/mol. The summed E-state index contributed by atoms with van der Waals surface area (Å²) in [5.74, 6) is 1.52. The van der Waals surface area contributed by atoms with E-state index in [1.54, 1.807) is 11.1 Å². The van der Waals surface area contributed by atoms with E-state index in [1.165, 1.54) is 24.1 Å². The van der Waals surface area contributed by atoms with Gasteiger partial charge in [0.15, 0.2) is 0 Å². The van der Waals surface area contributed by atoms with Crippen molar-refractivity contribution in [2.24, 2.45) is 0 Å². The molecule has 0 unspecified atom stereocenters. The number of pyridine rings is 1. The number of aryl methyl sites for hydroxylation is 2. The Morgan fingerprint density at radius 3 is 2.78 bits per heavy atom. The number of ether oxygens (including phenoxy) is 1. The molecule has 0 bridgehead atoms. The van der Waals surface area contributed by atoms with Gasteiger partial charge < -0.3 is 15.0 Å². The van der Waals surface area contributed by atoms with Gasteiger partial charge in [-0.1, -0.05) is 0 Å². The third-order valence-electron chi connectivity index (χ3n) is 5.17. The highest BCUT2D eigenvalue weighted by Gasteiger charge is 2.19. The molecule has 1 amide bonds. The van der Waals surface area contributed by atoms with Crippen LogP contribution < -0.4 is 5.32 Å². The van der Waals surface area contributed by atoms with Crippen LogP contribution in [0.5, 0.6) is 0 Å². The minimum absolute atomic E-state index is 0.00555. The Morgan fingerprint density at radius 2 is 2.00 bits per heavy atom. The van der Waals surface area contributed by atoms with E-state index in [2.05, 4.69) is 22.2 Å². The zero-order chi connectivity index (χ0) is 18.6. The Kier molecular flexibility index (Phi) is 5.29. The summed E-state index contributed by atoms with van der Waals surface area (Å²) >= 11 is 0. The maximum Gasteiger partial charge on any atom is 0.255 e. The molecule has 0 spiro atoms. The van der Waals surface area contributed by atoms with Crippen molar-refractivity contribution in [3.63, 3.8) is 0 Å². The zero-order valence-corrected chi connectivity index (χ0v) is 15.7. The molecular formula is C20H25N5O2. The first kappa shape index (κ1) is 17.9. The molecule has 7 nitrogen and oxygen atoms in total. The van der Waals surface area contributed by atoms with Crippen molar-refractivity contribution in [3.8, 4) is 0 Å². The van der Waals surface area contributed by atoms with Gasteiger partial charge in [-0.15, -0.1) is 0 Å². The van der Waals surface area contributed by atoms with Gasteiger partial charge in [0.05, 0.1) is 25.3 Å². The lowest BCUT2D eigenvalue weighted by Gasteiger charge is -2.26. The zero-order valence-electron chi connectivity index (χ0n) is 15.7. The van der Waals surface area contributed by atoms with E-state index in [9.17, 15) is 4.79 Å². The van der Waals surface area contributed by atoms with Crippen LogP contribution in [0, 0.1) is 6.92 Å². The van der Waals surface area contributed by atoms with Gasteiger partial charge in [-0.2, -0.15) is 0 Å². The summed E-state index contributed by atoms with van der Waals surface area (Å²) < 4.78 is 5.29. The van der Waals surface area contributed by atoms with Gasteiger partial charge in [0.2, 0.25) is 0 Å². The predicted octanol–water partition coefficient (Wildman–Crippen LogP) is 2.14. The molecule has 0 atom stereocenters. The molecular weight excluding hydrogens is 342 g/mol. The summed E-state index contributed by atoms with van der Waals surface area (Å²) in [4.78, 5) is 28.0. The van der Waals surface area contributed by atoms with Crippen molar-refractivity contribution in [2.75, 3.05) is 31.6 Å². The van der Waals surface area contributed by atoms with Gasteiger partial charge >= 0.3 is 0 Å². The molecule has 7 heteroatoms. The first-order valence-corrected chi connectivity index (χ1v) is 9.63. The van der Waals surface area contributed by atoms with Crippen LogP contribution in [0.25, 0.3) is 0 Å². The molecule has 0 radical (unpaired) electrons. The van der Waals surface area contributed by atoms with Crippen LogP contribution in [-0.4, -0.2) is 52.1 Å². The number of hydrogen-bond donors (Lipinski definition) is 1. The number of carbonyl (C=O) groups is 1. The second-order valence-corrected chi connectivity index (χ2v) is 7.05. The summed E-state index contributed by atoms with van der Waals surface area (Å²) in [5, 5.41) is 3.26. The normalized spacial score (nSPS) is 16.7. The Labute approximate surface area is 159 Å². The molecule has 1 fully saturated rings. The Bertz CT molecular complexity index is 816. The molecule has 0 aromatic carbocycles. The van der Waals surface area contributed by atoms with Crippen molar-refractivity contribution in [3.05, 3.63) is 46.7 Å². The van der Waals surface area contributed by atoms with Crippen molar-refractivity contribution >= 4 is 11.7 Å². The number of morpholine rings is 1. The van der Waals surface area contributed by atoms with Crippen LogP contribution in [0.2, 0.25) is 0 Å². The van der Waals surface area contributed by atoms with Crippen LogP contribution in [-0.2, 0) is 24.1 Å². The quantitative estimate of drug-likeness (QED) is 0.892. The predicted molar refractivity (Wildman–Crippen MR) is 102 cm³/mol. The molecule has 27 heavy (non-hydrogen) atoms. The van der Waals surface area contributed by atoms with Crippen LogP contribution in [0.3, 0.4) is 0 Å². The number of nitrogens with one attached hydrogen (secondary N) is 1. The van der Waals surface area contributed by atoms with E-state index in [0.717, 1.165) is 24.4 Å². The minimum atomic E-state index is 0.00555. The fraction of sp³-hybridized carbons (Fsp3) is 0.500. The molecule has 2 aliphatic rings. The van der Waals surface area contributed by atoms with Crippen LogP contribution in [0.4, 0.5) is 5.82 Å². The molecule has 0 saturated carbocycles. The number of rotatable bonds is 4. The van der Waals surface area contributed by atoms with E-state index in [0.29, 0.717) is 44.2 Å². The van der Waals surface area contributed by atoms with Crippen molar-refractivity contribution in [2.45, 2.75) is 39.2 Å². The molecule has 2 aromatic heterocycles. The molecule has 1 aliphatic heterocycles. The number of hydrogen-bond acceptors (Lipinski definition) is 6. The van der Waals surface area contributed by atoms with E-state index in [1.807, 2.05) is 12.1 Å². The highest BCUT2D eigenvalue weighted by molar-refractivity contribution is 5.94. The van der Waals surface area contributed by atoms with Crippen molar-refractivity contribution in [1.29, 1.82) is 0 Å². The average Bonchev–Trinajstić information content (AvgIpc) is 2.73. The number of aromatic nitrogens is 3. The number of amides is 1. The summed E-state index contributed by atoms with van der Waals surface area (Å²) in [6, 6.07) is 3.64. The first-order chi connectivity index (χ1) is 13.2. The molecule has 4 rings (SSSR count). The largest absolute Gasteiger partial charge is 0.378 e. The van der Waals surface area contributed by atoms with E-state index >= 15 is 0 Å². The summed E-state index contributed by atoms with van der Waals surface area (Å²) in [6.07, 6.45) is 6.20. The standard InChI is InChI=1S/C20H25N5O2/c1-14-16-4-2-3-5-17(16)24-19(23-14)13-22-18-7-6-15(12-21-18)20(26)25-8-10-27-11-9-25/h6-7,12H,2-5,8-11,13H2,1H3,(H,21,22). The molecule has 1 aliphatic carbocycles. The summed E-state index contributed by atoms with van der Waals surface area (Å²) in [6.45, 7) is 5.05. The lowest BCUT2D eigenvalue weighted by atomic mass is 9.95. The minimum Gasteiger partial charge on any atom is -0.378 e. The fourth-order valence-electron chi connectivity index (χ4n) is 3.67. The van der Waals surface area contributed by atoms with E-state index in [-0.39, 0.29) is 5.91 Å². The molecule has 142 valence electrons. The smallest absolute Gasteiger partial charge is 0.255 e. The lowest BCUT2D eigenvalue weighted by Crippen LogP contribution is -2.40. The Morgan fingerprint density at radius 1 is 1.19 bits per heavy atom. The van der Waals surface area contributed by atoms with Crippen molar-refractivity contribution in [1.82, 2.24) is 19.9 Å². The van der Waals surface area contributed by atoms with Gasteiger partial charge in [0.1, 0.15) is 11.6 Å². The summed E-state index contributed by atoms with van der Waals surface area (Å²) in [5.41, 5.74) is 4.22. The Balaban J connectivity index is 1.39. The van der Waals surface area contributed by atoms with Crippen LogP contribution in [0.1, 0.15) is 46.0 Å². The van der Waals surface area contributed by atoms with E-state index < -0.39 is 0 Å². The van der Waals surface area contributed by atoms with Crippen molar-refractivity contribution < 1.29 is 9.53 Å². The lowest BCUT2D eigenvalue weighted by molar-refractivity contribution is 0.0302. The topological polar surface area (TPSA) is 80.2 Å². The number of anilines is 1. The number of fused-ring (bicyclic) bond motifs is 1. The maximum atomic E-state index is 12.5. The first-order valence-electron chi connectivity index (χ1n) is 9.63. The highest BCUT2D eigenvalue weighted by atomic mass is 16.5. The van der Waals surface area contributed by atoms with Gasteiger partial charge in [-0.3, -0.25) is 4.79 Å². The van der Waals surface area contributed by atoms with Gasteiger partial charge in [-0.05, 0) is 50.3 Å². The molecule has 1 N–H and O–H groups in total. The van der Waals surface area contributed by atoms with Crippen LogP contribution in [0.15, 0.2) is 18.3 Å². The summed E-state index contributed by atoms with van der Waals surface area (Å²) in [7, 11) is 0. The van der Waals surface area contributed by atoms with Gasteiger partial charge in [-0.25, -0.2) is 15.0 Å². The van der Waals surface area contributed by atoms with E-state index in [4.69, 9.17) is 9.72 Å². The second kappa shape index (κ2) is 8.00. The third-order valence-corrected chi connectivity index (χ3v) is 5.17. The molecule has 2 aromatic rings. The highest BCUT2D eigenvalue weighted by Crippen LogP contribution is 2.21. The Hall–Kier alpha value is -2.54. The third kappa shape index (κ3) is 4.08. The molecule has 1 saturated heterocycles. The van der Waals surface area contributed by atoms with Gasteiger partial charge in [0.25, 0.3) is 5.91 Å². The fourth-order valence-corrected chi connectivity index (χ4v) is 3.67. The molecule has 3 heterocycles. The number of nitrogens with zero attached hydrogens (tertiary/aromatic N) is 4. The second-order valence-electron chi connectivity index (χ2n) is 7.05. The van der Waals surface area contributed by atoms with Crippen LogP contribution >= 0.6 is 0 Å². The maximum absolute atomic E-state index is 12.5. The van der Waals surface area contributed by atoms with Gasteiger partial charge in [0, 0.05) is 30.7 Å².